The van der Waals surface area contributed by atoms with E-state index in [1.807, 2.05) is 24.3 Å². The average molecular weight is 357 g/mol. The van der Waals surface area contributed by atoms with Crippen molar-refractivity contribution < 1.29 is 24.2 Å². The zero-order chi connectivity index (χ0) is 18.8. The molecule has 6 heteroatoms. The van der Waals surface area contributed by atoms with Gasteiger partial charge < -0.3 is 19.9 Å². The summed E-state index contributed by atoms with van der Waals surface area (Å²) in [4.78, 5) is 22.7. The molecule has 0 aliphatic carbocycles. The Morgan fingerprint density at radius 1 is 1.00 bits per heavy atom. The van der Waals surface area contributed by atoms with Crippen LogP contribution in [-0.4, -0.2) is 37.2 Å². The van der Waals surface area contributed by atoms with Crippen LogP contribution in [0.15, 0.2) is 48.5 Å². The number of carboxylic acid groups (broad SMARTS) is 1. The lowest BCUT2D eigenvalue weighted by atomic mass is 10.1. The fourth-order valence-electron chi connectivity index (χ4n) is 2.33. The van der Waals surface area contributed by atoms with Crippen LogP contribution in [0.5, 0.6) is 5.75 Å². The lowest BCUT2D eigenvalue weighted by Gasteiger charge is -2.07. The predicted octanol–water partition coefficient (Wildman–Crippen LogP) is 2.66. The number of hydrogen-bond donors (Lipinski definition) is 2. The minimum atomic E-state index is -0.976. The Bertz CT molecular complexity index is 710. The van der Waals surface area contributed by atoms with Crippen molar-refractivity contribution in [1.29, 1.82) is 0 Å². The van der Waals surface area contributed by atoms with E-state index in [4.69, 9.17) is 14.6 Å². The second-order valence-corrected chi connectivity index (χ2v) is 5.78. The third-order valence-corrected chi connectivity index (χ3v) is 3.78. The van der Waals surface area contributed by atoms with Crippen LogP contribution in [0.4, 0.5) is 0 Å². The summed E-state index contributed by atoms with van der Waals surface area (Å²) in [7, 11) is 1.63. The standard InChI is InChI=1S/C20H23NO5/c1-25-18-9-5-16(6-10-18)14-26-12-2-11-21-19(22)13-15-3-7-17(8-4-15)20(23)24/h3-10H,2,11-14H2,1H3,(H,21,22)(H,23,24). The van der Waals surface area contributed by atoms with Gasteiger partial charge in [0.1, 0.15) is 5.75 Å². The van der Waals surface area contributed by atoms with E-state index in [2.05, 4.69) is 5.32 Å². The van der Waals surface area contributed by atoms with E-state index in [1.165, 1.54) is 12.1 Å². The molecule has 0 radical (unpaired) electrons. The summed E-state index contributed by atoms with van der Waals surface area (Å²) in [6, 6.07) is 14.0. The summed E-state index contributed by atoms with van der Waals surface area (Å²) < 4.78 is 10.7. The van der Waals surface area contributed by atoms with Gasteiger partial charge in [0.2, 0.25) is 5.91 Å². The molecule has 2 aromatic rings. The molecule has 0 fully saturated rings. The van der Waals surface area contributed by atoms with Crippen LogP contribution in [0, 0.1) is 0 Å². The van der Waals surface area contributed by atoms with E-state index in [0.29, 0.717) is 19.8 Å². The van der Waals surface area contributed by atoms with Crippen molar-refractivity contribution in [1.82, 2.24) is 5.32 Å². The van der Waals surface area contributed by atoms with E-state index < -0.39 is 5.97 Å². The topological polar surface area (TPSA) is 84.9 Å². The molecule has 2 N–H and O–H groups in total. The Morgan fingerprint density at radius 3 is 2.27 bits per heavy atom. The Hall–Kier alpha value is -2.86. The summed E-state index contributed by atoms with van der Waals surface area (Å²) in [6.45, 7) is 1.61. The number of ether oxygens (including phenoxy) is 2. The van der Waals surface area contributed by atoms with Gasteiger partial charge >= 0.3 is 5.97 Å². The highest BCUT2D eigenvalue weighted by Crippen LogP contribution is 2.12. The first-order chi connectivity index (χ1) is 12.6. The summed E-state index contributed by atoms with van der Waals surface area (Å²) >= 11 is 0. The summed E-state index contributed by atoms with van der Waals surface area (Å²) in [5.41, 5.74) is 2.06. The summed E-state index contributed by atoms with van der Waals surface area (Å²) in [5.74, 6) is -0.257. The van der Waals surface area contributed by atoms with Crippen LogP contribution in [0.25, 0.3) is 0 Å². The SMILES string of the molecule is COc1ccc(COCCCNC(=O)Cc2ccc(C(=O)O)cc2)cc1. The minimum absolute atomic E-state index is 0.0942. The first-order valence-corrected chi connectivity index (χ1v) is 8.38. The zero-order valence-corrected chi connectivity index (χ0v) is 14.7. The smallest absolute Gasteiger partial charge is 0.335 e. The van der Waals surface area contributed by atoms with Crippen molar-refractivity contribution in [2.24, 2.45) is 0 Å². The van der Waals surface area contributed by atoms with Crippen LogP contribution in [0.3, 0.4) is 0 Å². The third kappa shape index (κ3) is 6.57. The lowest BCUT2D eigenvalue weighted by Crippen LogP contribution is -2.26. The number of amides is 1. The van der Waals surface area contributed by atoms with E-state index in [0.717, 1.165) is 23.3 Å². The van der Waals surface area contributed by atoms with E-state index in [9.17, 15) is 9.59 Å². The second-order valence-electron chi connectivity index (χ2n) is 5.78. The van der Waals surface area contributed by atoms with Gasteiger partial charge in [0.25, 0.3) is 0 Å². The van der Waals surface area contributed by atoms with Crippen LogP contribution < -0.4 is 10.1 Å². The molecule has 2 rings (SSSR count). The van der Waals surface area contributed by atoms with Crippen LogP contribution in [0.2, 0.25) is 0 Å². The number of aromatic carboxylic acids is 1. The largest absolute Gasteiger partial charge is 0.497 e. The molecule has 0 aliphatic rings. The molecular formula is C20H23NO5. The molecule has 0 saturated heterocycles. The molecule has 0 spiro atoms. The number of carbonyl (C=O) groups excluding carboxylic acids is 1. The number of benzene rings is 2. The zero-order valence-electron chi connectivity index (χ0n) is 14.7. The highest BCUT2D eigenvalue weighted by atomic mass is 16.5. The molecular weight excluding hydrogens is 334 g/mol. The van der Waals surface area contributed by atoms with E-state index in [-0.39, 0.29) is 17.9 Å². The Balaban J connectivity index is 1.58. The Labute approximate surface area is 152 Å². The molecule has 0 aromatic heterocycles. The van der Waals surface area contributed by atoms with Gasteiger partial charge in [-0.25, -0.2) is 4.79 Å². The van der Waals surface area contributed by atoms with Gasteiger partial charge in [-0.2, -0.15) is 0 Å². The van der Waals surface area contributed by atoms with Crippen molar-refractivity contribution >= 4 is 11.9 Å². The first kappa shape index (κ1) is 19.5. The van der Waals surface area contributed by atoms with Gasteiger partial charge in [-0.1, -0.05) is 24.3 Å². The number of carbonyl (C=O) groups is 2. The molecule has 2 aromatic carbocycles. The molecule has 0 aliphatic heterocycles. The number of nitrogens with one attached hydrogen (secondary N) is 1. The Morgan fingerprint density at radius 2 is 1.65 bits per heavy atom. The maximum Gasteiger partial charge on any atom is 0.335 e. The predicted molar refractivity (Wildman–Crippen MR) is 97.4 cm³/mol. The molecule has 0 saturated carbocycles. The molecule has 1 amide bonds. The molecule has 0 unspecified atom stereocenters. The minimum Gasteiger partial charge on any atom is -0.497 e. The summed E-state index contributed by atoms with van der Waals surface area (Å²) in [5, 5.41) is 11.7. The molecule has 0 heterocycles. The maximum absolute atomic E-state index is 11.9. The quantitative estimate of drug-likeness (QED) is 0.639. The lowest BCUT2D eigenvalue weighted by molar-refractivity contribution is -0.120. The average Bonchev–Trinajstić information content (AvgIpc) is 2.65. The second kappa shape index (κ2) is 10.2. The van der Waals surface area contributed by atoms with Gasteiger partial charge in [0.05, 0.1) is 25.7 Å². The highest BCUT2D eigenvalue weighted by molar-refractivity contribution is 5.87. The fourth-order valence-corrected chi connectivity index (χ4v) is 2.33. The third-order valence-electron chi connectivity index (χ3n) is 3.78. The highest BCUT2D eigenvalue weighted by Gasteiger charge is 2.05. The van der Waals surface area contributed by atoms with Crippen molar-refractivity contribution in [3.63, 3.8) is 0 Å². The number of rotatable bonds is 10. The van der Waals surface area contributed by atoms with Crippen molar-refractivity contribution in [3.05, 3.63) is 65.2 Å². The number of methoxy groups -OCH3 is 1. The van der Waals surface area contributed by atoms with Crippen molar-refractivity contribution in [2.75, 3.05) is 20.3 Å². The van der Waals surface area contributed by atoms with Crippen LogP contribution >= 0.6 is 0 Å². The van der Waals surface area contributed by atoms with Gasteiger partial charge in [-0.15, -0.1) is 0 Å². The van der Waals surface area contributed by atoms with Gasteiger partial charge in [0, 0.05) is 13.2 Å². The molecule has 6 nitrogen and oxygen atoms in total. The van der Waals surface area contributed by atoms with E-state index in [1.54, 1.807) is 19.2 Å². The van der Waals surface area contributed by atoms with Gasteiger partial charge in [0.15, 0.2) is 0 Å². The van der Waals surface area contributed by atoms with Crippen LogP contribution in [0.1, 0.15) is 27.9 Å². The normalized spacial score (nSPS) is 10.3. The molecule has 138 valence electrons. The monoisotopic (exact) mass is 357 g/mol. The van der Waals surface area contributed by atoms with Gasteiger partial charge in [-0.3, -0.25) is 4.79 Å². The number of hydrogen-bond acceptors (Lipinski definition) is 4. The number of carboxylic acids is 1. The fraction of sp³-hybridized carbons (Fsp3) is 0.300. The maximum atomic E-state index is 11.9. The Kier molecular flexibility index (Phi) is 7.64. The van der Waals surface area contributed by atoms with Gasteiger partial charge in [-0.05, 0) is 41.8 Å². The molecule has 26 heavy (non-hydrogen) atoms. The first-order valence-electron chi connectivity index (χ1n) is 8.38. The van der Waals surface area contributed by atoms with Crippen molar-refractivity contribution in [3.8, 4) is 5.75 Å². The van der Waals surface area contributed by atoms with E-state index >= 15 is 0 Å². The summed E-state index contributed by atoms with van der Waals surface area (Å²) in [6.07, 6.45) is 0.951. The van der Waals surface area contributed by atoms with Crippen molar-refractivity contribution in [2.45, 2.75) is 19.4 Å². The van der Waals surface area contributed by atoms with Crippen LogP contribution in [-0.2, 0) is 22.6 Å². The molecule has 0 bridgehead atoms. The molecule has 0 atom stereocenters.